The molecule has 1 aliphatic rings. The molecule has 0 amide bonds. The van der Waals surface area contributed by atoms with Crippen LogP contribution < -0.4 is 5.32 Å². The highest BCUT2D eigenvalue weighted by atomic mass is 16.4. The van der Waals surface area contributed by atoms with Crippen molar-refractivity contribution in [3.8, 4) is 0 Å². The average Bonchev–Trinajstić information content (AvgIpc) is 2.34. The van der Waals surface area contributed by atoms with Crippen molar-refractivity contribution in [3.63, 3.8) is 0 Å². The second-order valence-electron chi connectivity index (χ2n) is 5.32. The number of piperidine rings is 1. The first kappa shape index (κ1) is 15.4. The number of carbonyl (C=O) groups is 1. The van der Waals surface area contributed by atoms with Gasteiger partial charge in [-0.25, -0.2) is 0 Å². The Morgan fingerprint density at radius 3 is 2.61 bits per heavy atom. The maximum absolute atomic E-state index is 11.2. The van der Waals surface area contributed by atoms with Crippen LogP contribution in [0.4, 0.5) is 0 Å². The number of hydrogen-bond acceptors (Lipinski definition) is 4. The lowest BCUT2D eigenvalue weighted by molar-refractivity contribution is -0.140. The van der Waals surface area contributed by atoms with Gasteiger partial charge in [0.25, 0.3) is 0 Å². The average molecular weight is 257 g/mol. The summed E-state index contributed by atoms with van der Waals surface area (Å²) in [6.07, 6.45) is 3.22. The summed E-state index contributed by atoms with van der Waals surface area (Å²) in [6, 6.07) is 0.0704. The number of nitrogens with zero attached hydrogens (tertiary/aromatic N) is 2. The van der Waals surface area contributed by atoms with Crippen molar-refractivity contribution in [2.75, 3.05) is 40.3 Å². The van der Waals surface area contributed by atoms with Gasteiger partial charge in [-0.05, 0) is 53.0 Å². The monoisotopic (exact) mass is 257 g/mol. The standard InChI is InChI=1S/C13H27N3O2/c1-4-7-14-12(13(17)18)10-16(3)11-5-8-15(2)9-6-11/h11-12,14H,4-10H2,1-3H3,(H,17,18). The Morgan fingerprint density at radius 2 is 2.11 bits per heavy atom. The Morgan fingerprint density at radius 1 is 1.50 bits per heavy atom. The Kier molecular flexibility index (Phi) is 6.60. The van der Waals surface area contributed by atoms with Gasteiger partial charge in [0.15, 0.2) is 0 Å². The first-order valence-electron chi connectivity index (χ1n) is 6.89. The molecule has 0 aromatic rings. The summed E-state index contributed by atoms with van der Waals surface area (Å²) < 4.78 is 0. The molecule has 1 fully saturated rings. The van der Waals surface area contributed by atoms with Crippen molar-refractivity contribution in [2.24, 2.45) is 0 Å². The molecule has 1 heterocycles. The zero-order valence-corrected chi connectivity index (χ0v) is 11.9. The lowest BCUT2D eigenvalue weighted by atomic mass is 10.0. The molecule has 0 radical (unpaired) electrons. The van der Waals surface area contributed by atoms with Crippen LogP contribution >= 0.6 is 0 Å². The molecule has 106 valence electrons. The molecule has 1 rings (SSSR count). The predicted octanol–water partition coefficient (Wildman–Crippen LogP) is 0.465. The first-order chi connectivity index (χ1) is 8.54. The van der Waals surface area contributed by atoms with Gasteiger partial charge in [-0.2, -0.15) is 0 Å². The molecule has 0 aliphatic carbocycles. The molecule has 1 unspecified atom stereocenters. The SMILES string of the molecule is CCCNC(CN(C)C1CCN(C)CC1)C(=O)O. The van der Waals surface area contributed by atoms with E-state index in [2.05, 4.69) is 22.2 Å². The van der Waals surface area contributed by atoms with Gasteiger partial charge in [-0.1, -0.05) is 6.92 Å². The summed E-state index contributed by atoms with van der Waals surface area (Å²) in [7, 11) is 4.18. The van der Waals surface area contributed by atoms with Gasteiger partial charge in [0.1, 0.15) is 6.04 Å². The second-order valence-corrected chi connectivity index (χ2v) is 5.32. The van der Waals surface area contributed by atoms with Crippen LogP contribution in [0, 0.1) is 0 Å². The van der Waals surface area contributed by atoms with E-state index in [4.69, 9.17) is 0 Å². The number of carboxylic acid groups (broad SMARTS) is 1. The summed E-state index contributed by atoms with van der Waals surface area (Å²) in [6.45, 7) is 5.61. The number of likely N-dealkylation sites (tertiary alicyclic amines) is 1. The summed E-state index contributed by atoms with van der Waals surface area (Å²) >= 11 is 0. The molecule has 0 spiro atoms. The molecule has 5 nitrogen and oxygen atoms in total. The van der Waals surface area contributed by atoms with Crippen molar-refractivity contribution in [2.45, 2.75) is 38.3 Å². The lowest BCUT2D eigenvalue weighted by Crippen LogP contribution is -2.50. The zero-order chi connectivity index (χ0) is 13.5. The van der Waals surface area contributed by atoms with Crippen LogP contribution in [0.2, 0.25) is 0 Å². The number of hydrogen-bond donors (Lipinski definition) is 2. The van der Waals surface area contributed by atoms with Gasteiger partial charge >= 0.3 is 5.97 Å². The second kappa shape index (κ2) is 7.71. The van der Waals surface area contributed by atoms with Crippen molar-refractivity contribution in [3.05, 3.63) is 0 Å². The lowest BCUT2D eigenvalue weighted by Gasteiger charge is -2.36. The predicted molar refractivity (Wildman–Crippen MR) is 72.9 cm³/mol. The summed E-state index contributed by atoms with van der Waals surface area (Å²) in [5, 5.41) is 12.3. The van der Waals surface area contributed by atoms with E-state index in [9.17, 15) is 9.90 Å². The topological polar surface area (TPSA) is 55.8 Å². The van der Waals surface area contributed by atoms with Crippen molar-refractivity contribution in [1.82, 2.24) is 15.1 Å². The Bertz CT molecular complexity index is 253. The molecule has 0 aromatic heterocycles. The van der Waals surface area contributed by atoms with E-state index in [0.717, 1.165) is 38.9 Å². The number of rotatable bonds is 7. The molecule has 18 heavy (non-hydrogen) atoms. The van der Waals surface area contributed by atoms with E-state index in [-0.39, 0.29) is 0 Å². The minimum atomic E-state index is -0.747. The maximum Gasteiger partial charge on any atom is 0.322 e. The number of likely N-dealkylation sites (N-methyl/N-ethyl adjacent to an activating group) is 1. The highest BCUT2D eigenvalue weighted by Crippen LogP contribution is 2.14. The fraction of sp³-hybridized carbons (Fsp3) is 0.923. The number of aliphatic carboxylic acids is 1. The smallest absolute Gasteiger partial charge is 0.322 e. The largest absolute Gasteiger partial charge is 0.480 e. The fourth-order valence-corrected chi connectivity index (χ4v) is 2.42. The molecular weight excluding hydrogens is 230 g/mol. The van der Waals surface area contributed by atoms with E-state index in [1.54, 1.807) is 0 Å². The van der Waals surface area contributed by atoms with E-state index < -0.39 is 12.0 Å². The van der Waals surface area contributed by atoms with Crippen LogP contribution in [0.5, 0.6) is 0 Å². The summed E-state index contributed by atoms with van der Waals surface area (Å²) in [5.41, 5.74) is 0. The van der Waals surface area contributed by atoms with Crippen molar-refractivity contribution < 1.29 is 9.90 Å². The van der Waals surface area contributed by atoms with Crippen LogP contribution in [0.1, 0.15) is 26.2 Å². The van der Waals surface area contributed by atoms with Gasteiger partial charge < -0.3 is 20.2 Å². The third-order valence-corrected chi connectivity index (χ3v) is 3.72. The highest BCUT2D eigenvalue weighted by molar-refractivity contribution is 5.73. The highest BCUT2D eigenvalue weighted by Gasteiger charge is 2.25. The molecule has 0 saturated carbocycles. The zero-order valence-electron chi connectivity index (χ0n) is 11.9. The van der Waals surface area contributed by atoms with Gasteiger partial charge in [-0.3, -0.25) is 4.79 Å². The van der Waals surface area contributed by atoms with Gasteiger partial charge in [0.05, 0.1) is 0 Å². The third-order valence-electron chi connectivity index (χ3n) is 3.72. The quantitative estimate of drug-likeness (QED) is 0.694. The molecule has 0 aromatic carbocycles. The molecule has 1 saturated heterocycles. The van der Waals surface area contributed by atoms with Gasteiger partial charge in [0, 0.05) is 12.6 Å². The van der Waals surface area contributed by atoms with Crippen molar-refractivity contribution in [1.29, 1.82) is 0 Å². The molecule has 5 heteroatoms. The van der Waals surface area contributed by atoms with Crippen molar-refractivity contribution >= 4 is 5.97 Å². The van der Waals surface area contributed by atoms with E-state index in [0.29, 0.717) is 12.6 Å². The van der Waals surface area contributed by atoms with Crippen LogP contribution in [-0.4, -0.2) is 73.2 Å². The van der Waals surface area contributed by atoms with E-state index in [1.807, 2.05) is 14.0 Å². The Labute approximate surface area is 110 Å². The maximum atomic E-state index is 11.2. The third kappa shape index (κ3) is 4.92. The molecular formula is C13H27N3O2. The normalized spacial score (nSPS) is 20.2. The number of carboxylic acids is 1. The first-order valence-corrected chi connectivity index (χ1v) is 6.89. The van der Waals surface area contributed by atoms with Crippen LogP contribution in [0.3, 0.4) is 0 Å². The fourth-order valence-electron chi connectivity index (χ4n) is 2.42. The summed E-state index contributed by atoms with van der Waals surface area (Å²) in [5.74, 6) is -0.747. The van der Waals surface area contributed by atoms with Crippen LogP contribution in [0.25, 0.3) is 0 Å². The number of nitrogens with one attached hydrogen (secondary N) is 1. The van der Waals surface area contributed by atoms with Gasteiger partial charge in [0.2, 0.25) is 0 Å². The molecule has 1 atom stereocenters. The minimum absolute atomic E-state index is 0.449. The van der Waals surface area contributed by atoms with Gasteiger partial charge in [-0.15, -0.1) is 0 Å². The molecule has 2 N–H and O–H groups in total. The van der Waals surface area contributed by atoms with Crippen LogP contribution in [-0.2, 0) is 4.79 Å². The minimum Gasteiger partial charge on any atom is -0.480 e. The molecule has 0 bridgehead atoms. The van der Waals surface area contributed by atoms with Crippen LogP contribution in [0.15, 0.2) is 0 Å². The van der Waals surface area contributed by atoms with E-state index in [1.165, 1.54) is 0 Å². The van der Waals surface area contributed by atoms with E-state index >= 15 is 0 Å². The summed E-state index contributed by atoms with van der Waals surface area (Å²) in [4.78, 5) is 15.7. The molecule has 1 aliphatic heterocycles. The Hall–Kier alpha value is -0.650. The Balaban J connectivity index is 2.40.